The Kier molecular flexibility index (Phi) is 8.93. The van der Waals surface area contributed by atoms with Crippen LogP contribution in [0.3, 0.4) is 0 Å². The first-order valence-corrected chi connectivity index (χ1v) is 16.4. The molecule has 0 spiro atoms. The highest BCUT2D eigenvalue weighted by Gasteiger charge is 2.33. The number of aromatic nitrogens is 3. The van der Waals surface area contributed by atoms with Gasteiger partial charge in [0.25, 0.3) is 0 Å². The van der Waals surface area contributed by atoms with E-state index in [9.17, 15) is 14.7 Å². The molecule has 2 saturated heterocycles. The monoisotopic (exact) mass is 661 g/mol. The number of piperazine rings is 1. The fraction of sp³-hybridized carbons (Fsp3) is 0.297. The van der Waals surface area contributed by atoms with E-state index in [1.54, 1.807) is 14.2 Å². The van der Waals surface area contributed by atoms with Gasteiger partial charge in [0.05, 0.1) is 37.9 Å². The van der Waals surface area contributed by atoms with Crippen LogP contribution in [-0.2, 0) is 17.9 Å². The quantitative estimate of drug-likeness (QED) is 0.208. The van der Waals surface area contributed by atoms with Crippen LogP contribution in [0.25, 0.3) is 22.2 Å². The topological polar surface area (TPSA) is 125 Å². The fourth-order valence-corrected chi connectivity index (χ4v) is 6.68. The third-order valence-electron chi connectivity index (χ3n) is 9.26. The molecule has 2 N–H and O–H groups in total. The Morgan fingerprint density at radius 3 is 2.12 bits per heavy atom. The molecule has 1 atom stereocenters. The van der Waals surface area contributed by atoms with Crippen LogP contribution in [0.1, 0.15) is 17.5 Å². The van der Waals surface area contributed by atoms with Gasteiger partial charge in [-0.2, -0.15) is 5.10 Å². The first kappa shape index (κ1) is 31.8. The van der Waals surface area contributed by atoms with E-state index >= 15 is 0 Å². The molecule has 0 bridgehead atoms. The number of hydrogen-bond donors (Lipinski definition) is 2. The van der Waals surface area contributed by atoms with Gasteiger partial charge in [-0.15, -0.1) is 0 Å². The number of pyridine rings is 1. The lowest BCUT2D eigenvalue weighted by Crippen LogP contribution is -2.48. The Morgan fingerprint density at radius 2 is 1.51 bits per heavy atom. The second kappa shape index (κ2) is 13.8. The third kappa shape index (κ3) is 6.67. The number of ether oxygens (including phenoxy) is 2. The van der Waals surface area contributed by atoms with E-state index < -0.39 is 6.09 Å². The molecule has 0 saturated carbocycles. The summed E-state index contributed by atoms with van der Waals surface area (Å²) in [6.45, 7) is 3.31. The second-order valence-corrected chi connectivity index (χ2v) is 12.4. The van der Waals surface area contributed by atoms with Crippen LogP contribution in [0.2, 0.25) is 0 Å². The van der Waals surface area contributed by atoms with E-state index in [-0.39, 0.29) is 11.9 Å². The summed E-state index contributed by atoms with van der Waals surface area (Å²) in [4.78, 5) is 35.6. The van der Waals surface area contributed by atoms with Gasteiger partial charge in [0.1, 0.15) is 11.5 Å². The van der Waals surface area contributed by atoms with Gasteiger partial charge >= 0.3 is 6.09 Å². The number of methoxy groups -OCH3 is 2. The maximum Gasteiger partial charge on any atom is 0.407 e. The molecule has 4 heterocycles. The van der Waals surface area contributed by atoms with Gasteiger partial charge in [0.2, 0.25) is 5.91 Å². The summed E-state index contributed by atoms with van der Waals surface area (Å²) in [7, 11) is 3.28. The summed E-state index contributed by atoms with van der Waals surface area (Å²) in [5.41, 5.74) is 5.65. The number of carbonyl (C=O) groups excluding carboxylic acids is 1. The number of amides is 2. The summed E-state index contributed by atoms with van der Waals surface area (Å²) >= 11 is 0. The predicted molar refractivity (Wildman–Crippen MR) is 187 cm³/mol. The van der Waals surface area contributed by atoms with Crippen molar-refractivity contribution in [3.63, 3.8) is 0 Å². The lowest BCUT2D eigenvalue weighted by molar-refractivity contribution is -0.128. The number of rotatable bonds is 10. The molecule has 2 aromatic heterocycles. The third-order valence-corrected chi connectivity index (χ3v) is 9.26. The molecule has 0 aliphatic carbocycles. The highest BCUT2D eigenvalue weighted by Crippen LogP contribution is 2.41. The number of nitrogens with one attached hydrogen (secondary N) is 1. The molecular formula is C37H39N7O5. The minimum Gasteiger partial charge on any atom is -0.497 e. The fourth-order valence-electron chi connectivity index (χ4n) is 6.68. The lowest BCUT2D eigenvalue weighted by Gasteiger charge is -2.36. The van der Waals surface area contributed by atoms with Gasteiger partial charge in [0, 0.05) is 57.4 Å². The normalized spacial score (nSPS) is 16.3. The number of likely N-dealkylation sites (tertiary alicyclic amines) is 1. The minimum atomic E-state index is -0.914. The van der Waals surface area contributed by atoms with Gasteiger partial charge in [-0.25, -0.2) is 14.5 Å². The standard InChI is InChI=1S/C37H39N7O5/c1-48-29-12-8-25(9-13-29)22-43-24-28(20-32(43)45)39-35-33-34(41-16-18-42(19-17-41)37(46)47)31(27-6-4-3-5-7-27)21-38-36(33)44(40-35)23-26-10-14-30(49-2)15-11-26/h3-15,21,28H,16-20,22-24H2,1-2H3,(H,39,40)(H,46,47). The number of benzene rings is 3. The Hall–Kier alpha value is -5.78. The Balaban J connectivity index is 1.28. The van der Waals surface area contributed by atoms with Gasteiger partial charge < -0.3 is 34.6 Å². The molecule has 3 aromatic carbocycles. The van der Waals surface area contributed by atoms with Gasteiger partial charge in [-0.05, 0) is 41.0 Å². The van der Waals surface area contributed by atoms with E-state index in [1.165, 1.54) is 4.90 Å². The molecule has 7 rings (SSSR count). The molecule has 49 heavy (non-hydrogen) atoms. The molecule has 2 amide bonds. The summed E-state index contributed by atoms with van der Waals surface area (Å²) < 4.78 is 12.6. The molecule has 12 heteroatoms. The van der Waals surface area contributed by atoms with Crippen LogP contribution in [0, 0.1) is 0 Å². The molecular weight excluding hydrogens is 622 g/mol. The number of carboxylic acid groups (broad SMARTS) is 1. The van der Waals surface area contributed by atoms with Crippen LogP contribution < -0.4 is 19.7 Å². The molecule has 12 nitrogen and oxygen atoms in total. The van der Waals surface area contributed by atoms with E-state index in [2.05, 4.69) is 22.3 Å². The highest BCUT2D eigenvalue weighted by atomic mass is 16.5. The zero-order chi connectivity index (χ0) is 33.9. The number of anilines is 2. The van der Waals surface area contributed by atoms with Crippen molar-refractivity contribution in [3.8, 4) is 22.6 Å². The van der Waals surface area contributed by atoms with Crippen LogP contribution in [0.5, 0.6) is 11.5 Å². The summed E-state index contributed by atoms with van der Waals surface area (Å²) in [5, 5.41) is 19.3. The van der Waals surface area contributed by atoms with Crippen LogP contribution in [-0.4, -0.2) is 94.7 Å². The molecule has 2 aliphatic rings. The smallest absolute Gasteiger partial charge is 0.407 e. The van der Waals surface area contributed by atoms with Crippen LogP contribution in [0.15, 0.2) is 85.1 Å². The van der Waals surface area contributed by atoms with Crippen molar-refractivity contribution in [2.45, 2.75) is 25.6 Å². The average Bonchev–Trinajstić information content (AvgIpc) is 3.66. The number of fused-ring (bicyclic) bond motifs is 1. The van der Waals surface area contributed by atoms with Gasteiger partial charge in [0.15, 0.2) is 11.5 Å². The SMILES string of the molecule is COc1ccc(CN2CC(Nc3nn(Cc4ccc(OC)cc4)c4ncc(-c5ccccc5)c(N5CCN(C(=O)O)CC5)c34)CC2=O)cc1. The number of nitrogens with zero attached hydrogens (tertiary/aromatic N) is 6. The molecule has 2 fully saturated rings. The van der Waals surface area contributed by atoms with Gasteiger partial charge in [-0.3, -0.25) is 4.79 Å². The van der Waals surface area contributed by atoms with E-state index in [0.29, 0.717) is 63.7 Å². The Morgan fingerprint density at radius 1 is 0.878 bits per heavy atom. The maximum absolute atomic E-state index is 13.3. The first-order valence-electron chi connectivity index (χ1n) is 16.4. The number of hydrogen-bond acceptors (Lipinski definition) is 8. The zero-order valence-electron chi connectivity index (χ0n) is 27.6. The summed E-state index contributed by atoms with van der Waals surface area (Å²) in [6, 6.07) is 25.6. The summed E-state index contributed by atoms with van der Waals surface area (Å²) in [6.07, 6.45) is 1.31. The van der Waals surface area contributed by atoms with Crippen molar-refractivity contribution < 1.29 is 24.2 Å². The van der Waals surface area contributed by atoms with Gasteiger partial charge in [-0.1, -0.05) is 54.6 Å². The largest absolute Gasteiger partial charge is 0.497 e. The van der Waals surface area contributed by atoms with Crippen molar-refractivity contribution in [2.24, 2.45) is 0 Å². The maximum atomic E-state index is 13.3. The van der Waals surface area contributed by atoms with E-state index in [4.69, 9.17) is 19.6 Å². The molecule has 5 aromatic rings. The molecule has 1 unspecified atom stereocenters. The van der Waals surface area contributed by atoms with Crippen LogP contribution in [0.4, 0.5) is 16.3 Å². The highest BCUT2D eigenvalue weighted by molar-refractivity contribution is 6.05. The molecule has 252 valence electrons. The number of carbonyl (C=O) groups is 2. The van der Waals surface area contributed by atoms with Crippen molar-refractivity contribution in [1.82, 2.24) is 24.6 Å². The Bertz CT molecular complexity index is 1940. The first-order chi connectivity index (χ1) is 23.9. The van der Waals surface area contributed by atoms with Crippen molar-refractivity contribution in [3.05, 3.63) is 96.2 Å². The minimum absolute atomic E-state index is 0.0726. The average molecular weight is 662 g/mol. The predicted octanol–water partition coefficient (Wildman–Crippen LogP) is 5.18. The molecule has 0 radical (unpaired) electrons. The van der Waals surface area contributed by atoms with E-state index in [1.807, 2.05) is 82.5 Å². The Labute approximate surface area is 284 Å². The van der Waals surface area contributed by atoms with E-state index in [0.717, 1.165) is 44.8 Å². The van der Waals surface area contributed by atoms with Crippen LogP contribution >= 0.6 is 0 Å². The summed E-state index contributed by atoms with van der Waals surface area (Å²) in [5.74, 6) is 2.27. The zero-order valence-corrected chi connectivity index (χ0v) is 27.6. The van der Waals surface area contributed by atoms with Crippen molar-refractivity contribution >= 4 is 34.5 Å². The lowest BCUT2D eigenvalue weighted by atomic mass is 10.0. The molecule has 2 aliphatic heterocycles. The van der Waals surface area contributed by atoms with Crippen molar-refractivity contribution in [1.29, 1.82) is 0 Å². The second-order valence-electron chi connectivity index (χ2n) is 12.4. The van der Waals surface area contributed by atoms with Crippen molar-refractivity contribution in [2.75, 3.05) is 57.2 Å².